The first-order valence-electron chi connectivity index (χ1n) is 7.61. The molecule has 3 heterocycles. The SMILES string of the molecule is O=C1O[C@@H](C(=O)Nc2ccc(-n3cncn3)nc2)Cc2ccccc21. The Balaban J connectivity index is 1.47. The average Bonchev–Trinajstić information content (AvgIpc) is 3.17. The van der Waals surface area contributed by atoms with Crippen molar-refractivity contribution in [3.8, 4) is 5.82 Å². The fourth-order valence-electron chi connectivity index (χ4n) is 2.62. The number of hydrogen-bond acceptors (Lipinski definition) is 6. The molecule has 2 aromatic heterocycles. The highest BCUT2D eigenvalue weighted by molar-refractivity contribution is 6.00. The highest BCUT2D eigenvalue weighted by Gasteiger charge is 2.31. The van der Waals surface area contributed by atoms with Gasteiger partial charge in [-0.1, -0.05) is 18.2 Å². The van der Waals surface area contributed by atoms with Gasteiger partial charge in [0, 0.05) is 6.42 Å². The minimum absolute atomic E-state index is 0.345. The molecule has 8 nitrogen and oxygen atoms in total. The number of hydrogen-bond donors (Lipinski definition) is 1. The third kappa shape index (κ3) is 2.97. The predicted molar refractivity (Wildman–Crippen MR) is 87.1 cm³/mol. The van der Waals surface area contributed by atoms with Crippen LogP contribution in [0.25, 0.3) is 5.82 Å². The molecule has 0 radical (unpaired) electrons. The third-order valence-electron chi connectivity index (χ3n) is 3.85. The molecular weight excluding hydrogens is 322 g/mol. The molecule has 0 unspecified atom stereocenters. The summed E-state index contributed by atoms with van der Waals surface area (Å²) in [5, 5.41) is 6.69. The molecule has 1 N–H and O–H groups in total. The van der Waals surface area contributed by atoms with Crippen molar-refractivity contribution in [2.24, 2.45) is 0 Å². The molecule has 0 saturated heterocycles. The van der Waals surface area contributed by atoms with E-state index in [9.17, 15) is 9.59 Å². The van der Waals surface area contributed by atoms with Gasteiger partial charge >= 0.3 is 5.97 Å². The maximum atomic E-state index is 12.4. The first-order chi connectivity index (χ1) is 12.2. The Morgan fingerprint density at radius 1 is 1.24 bits per heavy atom. The minimum atomic E-state index is -0.864. The summed E-state index contributed by atoms with van der Waals surface area (Å²) < 4.78 is 6.74. The summed E-state index contributed by atoms with van der Waals surface area (Å²) in [6.07, 6.45) is 3.93. The number of carbonyl (C=O) groups is 2. The number of ether oxygens (including phenoxy) is 1. The molecule has 1 atom stereocenters. The van der Waals surface area contributed by atoms with Crippen molar-refractivity contribution in [1.82, 2.24) is 19.7 Å². The number of pyridine rings is 1. The van der Waals surface area contributed by atoms with Gasteiger partial charge in [-0.3, -0.25) is 4.79 Å². The van der Waals surface area contributed by atoms with Gasteiger partial charge in [0.25, 0.3) is 5.91 Å². The first kappa shape index (κ1) is 15.0. The molecule has 124 valence electrons. The van der Waals surface area contributed by atoms with Crippen LogP contribution in [0.3, 0.4) is 0 Å². The Morgan fingerprint density at radius 2 is 2.12 bits per heavy atom. The van der Waals surface area contributed by atoms with Crippen LogP contribution >= 0.6 is 0 Å². The molecular formula is C17H13N5O3. The second kappa shape index (κ2) is 6.16. The predicted octanol–water partition coefficient (Wildman–Crippen LogP) is 1.38. The minimum Gasteiger partial charge on any atom is -0.448 e. The fourth-order valence-corrected chi connectivity index (χ4v) is 2.62. The van der Waals surface area contributed by atoms with Gasteiger partial charge in [0.05, 0.1) is 17.4 Å². The lowest BCUT2D eigenvalue weighted by Crippen LogP contribution is -2.38. The van der Waals surface area contributed by atoms with Crippen molar-refractivity contribution < 1.29 is 14.3 Å². The van der Waals surface area contributed by atoms with E-state index in [0.717, 1.165) is 5.56 Å². The molecule has 1 aromatic carbocycles. The normalized spacial score (nSPS) is 16.0. The number of amides is 1. The number of esters is 1. The van der Waals surface area contributed by atoms with Gasteiger partial charge in [0.15, 0.2) is 11.9 Å². The van der Waals surface area contributed by atoms with Crippen molar-refractivity contribution in [2.45, 2.75) is 12.5 Å². The van der Waals surface area contributed by atoms with Crippen molar-refractivity contribution in [3.05, 3.63) is 66.4 Å². The summed E-state index contributed by atoms with van der Waals surface area (Å²) in [5.74, 6) is -0.298. The maximum absolute atomic E-state index is 12.4. The van der Waals surface area contributed by atoms with Crippen LogP contribution in [0.15, 0.2) is 55.2 Å². The van der Waals surface area contributed by atoms with Crippen LogP contribution in [0, 0.1) is 0 Å². The van der Waals surface area contributed by atoms with Gasteiger partial charge in [0.1, 0.15) is 12.7 Å². The van der Waals surface area contributed by atoms with Crippen molar-refractivity contribution in [2.75, 3.05) is 5.32 Å². The third-order valence-corrected chi connectivity index (χ3v) is 3.85. The number of cyclic esters (lactones) is 1. The molecule has 8 heteroatoms. The lowest BCUT2D eigenvalue weighted by molar-refractivity contribution is -0.125. The molecule has 25 heavy (non-hydrogen) atoms. The number of aromatic nitrogens is 4. The van der Waals surface area contributed by atoms with Crippen molar-refractivity contribution in [3.63, 3.8) is 0 Å². The molecule has 0 aliphatic carbocycles. The molecule has 0 spiro atoms. The van der Waals surface area contributed by atoms with Gasteiger partial charge in [-0.05, 0) is 23.8 Å². The van der Waals surface area contributed by atoms with Gasteiger partial charge in [-0.15, -0.1) is 0 Å². The van der Waals surface area contributed by atoms with Gasteiger partial charge in [-0.25, -0.2) is 19.4 Å². The Labute approximate surface area is 142 Å². The summed E-state index contributed by atoms with van der Waals surface area (Å²) in [4.78, 5) is 32.4. The zero-order chi connectivity index (χ0) is 17.2. The maximum Gasteiger partial charge on any atom is 0.339 e. The van der Waals surface area contributed by atoms with Gasteiger partial charge in [-0.2, -0.15) is 5.10 Å². The lowest BCUT2D eigenvalue weighted by Gasteiger charge is -2.23. The first-order valence-corrected chi connectivity index (χ1v) is 7.61. The molecule has 0 bridgehead atoms. The largest absolute Gasteiger partial charge is 0.448 e. The van der Waals surface area contributed by atoms with Crippen LogP contribution in [0.4, 0.5) is 5.69 Å². The van der Waals surface area contributed by atoms with E-state index in [-0.39, 0.29) is 0 Å². The Morgan fingerprint density at radius 3 is 2.88 bits per heavy atom. The van der Waals surface area contributed by atoms with Gasteiger partial charge < -0.3 is 10.1 Å². The van der Waals surface area contributed by atoms with Crippen molar-refractivity contribution in [1.29, 1.82) is 0 Å². The molecule has 1 aliphatic rings. The zero-order valence-electron chi connectivity index (χ0n) is 13.0. The summed E-state index contributed by atoms with van der Waals surface area (Å²) >= 11 is 0. The van der Waals surface area contributed by atoms with Gasteiger partial charge in [0.2, 0.25) is 0 Å². The van der Waals surface area contributed by atoms with E-state index in [2.05, 4.69) is 20.4 Å². The van der Waals surface area contributed by atoms with Crippen LogP contribution in [0.2, 0.25) is 0 Å². The summed E-state index contributed by atoms with van der Waals surface area (Å²) in [5.41, 5.74) is 1.81. The van der Waals surface area contributed by atoms with Crippen LogP contribution in [0.1, 0.15) is 15.9 Å². The van der Waals surface area contributed by atoms with Crippen LogP contribution in [-0.2, 0) is 16.0 Å². The topological polar surface area (TPSA) is 99.0 Å². The van der Waals surface area contributed by atoms with E-state index >= 15 is 0 Å². The Kier molecular flexibility index (Phi) is 3.70. The number of anilines is 1. The Bertz CT molecular complexity index is 922. The molecule has 4 rings (SSSR count). The fraction of sp³-hybridized carbons (Fsp3) is 0.118. The van der Waals surface area contributed by atoms with Crippen LogP contribution in [-0.4, -0.2) is 37.7 Å². The number of nitrogens with zero attached hydrogens (tertiary/aromatic N) is 4. The standard InChI is InChI=1S/C17H13N5O3/c23-16(14-7-11-3-1-2-4-13(11)17(24)25-14)21-12-5-6-15(19-8-12)22-10-18-9-20-22/h1-6,8-10,14H,7H2,(H,21,23)/t14-/m1/s1. The highest BCUT2D eigenvalue weighted by atomic mass is 16.5. The van der Waals surface area contributed by atoms with E-state index in [0.29, 0.717) is 23.5 Å². The number of nitrogens with one attached hydrogen (secondary N) is 1. The molecule has 0 saturated carbocycles. The lowest BCUT2D eigenvalue weighted by atomic mass is 9.98. The van der Waals surface area contributed by atoms with E-state index in [4.69, 9.17) is 4.74 Å². The van der Waals surface area contributed by atoms with E-state index in [1.165, 1.54) is 23.5 Å². The second-order valence-corrected chi connectivity index (χ2v) is 5.49. The number of rotatable bonds is 3. The quantitative estimate of drug-likeness (QED) is 0.726. The summed E-state index contributed by atoms with van der Waals surface area (Å²) in [6.45, 7) is 0. The molecule has 1 aliphatic heterocycles. The van der Waals surface area contributed by atoms with Crippen molar-refractivity contribution >= 4 is 17.6 Å². The number of fused-ring (bicyclic) bond motifs is 1. The number of benzene rings is 1. The van der Waals surface area contributed by atoms with E-state index < -0.39 is 18.0 Å². The number of carbonyl (C=O) groups excluding carboxylic acids is 2. The monoisotopic (exact) mass is 335 g/mol. The van der Waals surface area contributed by atoms with E-state index in [1.54, 1.807) is 24.3 Å². The average molecular weight is 335 g/mol. The molecule has 0 fully saturated rings. The van der Waals surface area contributed by atoms with E-state index in [1.807, 2.05) is 12.1 Å². The highest BCUT2D eigenvalue weighted by Crippen LogP contribution is 2.21. The Hall–Kier alpha value is -3.55. The van der Waals surface area contributed by atoms with Crippen LogP contribution < -0.4 is 5.32 Å². The summed E-state index contributed by atoms with van der Waals surface area (Å²) in [6, 6.07) is 10.5. The smallest absolute Gasteiger partial charge is 0.339 e. The second-order valence-electron chi connectivity index (χ2n) is 5.49. The molecule has 1 amide bonds. The summed E-state index contributed by atoms with van der Waals surface area (Å²) in [7, 11) is 0. The molecule has 3 aromatic rings. The zero-order valence-corrected chi connectivity index (χ0v) is 13.0. The van der Waals surface area contributed by atoms with Crippen LogP contribution in [0.5, 0.6) is 0 Å².